The second-order valence-electron chi connectivity index (χ2n) is 6.62. The Morgan fingerprint density at radius 3 is 2.37 bits per heavy atom. The minimum absolute atomic E-state index is 0.0424. The number of carbonyl (C=O) groups is 1. The summed E-state index contributed by atoms with van der Waals surface area (Å²) >= 11 is 0. The Kier molecular flexibility index (Phi) is 4.48. The molecular formula is C14H27N3O2. The minimum atomic E-state index is -0.667. The van der Waals surface area contributed by atoms with Crippen LogP contribution in [0.3, 0.4) is 0 Å². The molecule has 1 aliphatic carbocycles. The van der Waals surface area contributed by atoms with Gasteiger partial charge in [-0.15, -0.1) is 0 Å². The summed E-state index contributed by atoms with van der Waals surface area (Å²) in [5, 5.41) is 9.81. The van der Waals surface area contributed by atoms with E-state index < -0.39 is 5.60 Å². The molecule has 0 aromatic carbocycles. The molecule has 0 aromatic heterocycles. The number of β-amino-alcohol motifs (C(OH)–C–C–N with tert-alkyl or cyclic N) is 1. The molecule has 5 nitrogen and oxygen atoms in total. The molecule has 1 amide bonds. The predicted molar refractivity (Wildman–Crippen MR) is 74.6 cm³/mol. The van der Waals surface area contributed by atoms with E-state index in [1.54, 1.807) is 0 Å². The van der Waals surface area contributed by atoms with Gasteiger partial charge in [0.25, 0.3) is 0 Å². The maximum absolute atomic E-state index is 12.4. The molecule has 19 heavy (non-hydrogen) atoms. The fraction of sp³-hybridized carbons (Fsp3) is 0.929. The number of hydrogen-bond acceptors (Lipinski definition) is 4. The summed E-state index contributed by atoms with van der Waals surface area (Å²) in [6, 6.07) is 0.0573. The molecule has 2 rings (SSSR count). The van der Waals surface area contributed by atoms with Crippen molar-refractivity contribution < 1.29 is 9.90 Å². The van der Waals surface area contributed by atoms with Crippen LogP contribution in [0, 0.1) is 5.92 Å². The monoisotopic (exact) mass is 269 g/mol. The molecule has 2 unspecified atom stereocenters. The van der Waals surface area contributed by atoms with E-state index in [0.717, 1.165) is 45.4 Å². The Labute approximate surface area is 115 Å². The predicted octanol–water partition coefficient (Wildman–Crippen LogP) is 0.0289. The average Bonchev–Trinajstić information content (AvgIpc) is 2.73. The van der Waals surface area contributed by atoms with E-state index in [-0.39, 0.29) is 17.9 Å². The van der Waals surface area contributed by atoms with Crippen LogP contribution >= 0.6 is 0 Å². The molecule has 0 spiro atoms. The topological polar surface area (TPSA) is 69.8 Å². The number of hydrogen-bond donors (Lipinski definition) is 2. The lowest BCUT2D eigenvalue weighted by Crippen LogP contribution is -2.54. The number of piperazine rings is 1. The van der Waals surface area contributed by atoms with Crippen LogP contribution in [0.25, 0.3) is 0 Å². The summed E-state index contributed by atoms with van der Waals surface area (Å²) in [6.45, 7) is 7.52. The van der Waals surface area contributed by atoms with E-state index in [1.165, 1.54) is 0 Å². The van der Waals surface area contributed by atoms with E-state index in [2.05, 4.69) is 4.90 Å². The van der Waals surface area contributed by atoms with Crippen molar-refractivity contribution in [2.75, 3.05) is 32.7 Å². The smallest absolute Gasteiger partial charge is 0.227 e. The van der Waals surface area contributed by atoms with Crippen molar-refractivity contribution in [1.82, 2.24) is 9.80 Å². The molecule has 1 saturated carbocycles. The standard InChI is InChI=1S/C14H27N3O2/c1-14(2,19)10-16-6-8-17(9-7-16)13(18)11-4-3-5-12(11)15/h11-12,19H,3-10,15H2,1-2H3. The zero-order valence-electron chi connectivity index (χ0n) is 12.1. The van der Waals surface area contributed by atoms with Crippen molar-refractivity contribution in [3.05, 3.63) is 0 Å². The number of rotatable bonds is 3. The second kappa shape index (κ2) is 5.77. The Bertz CT molecular complexity index is 319. The Hall–Kier alpha value is -0.650. The minimum Gasteiger partial charge on any atom is -0.389 e. The highest BCUT2D eigenvalue weighted by Crippen LogP contribution is 2.26. The van der Waals surface area contributed by atoms with E-state index in [1.807, 2.05) is 18.7 Å². The number of nitrogens with zero attached hydrogens (tertiary/aromatic N) is 2. The molecule has 1 heterocycles. The summed E-state index contributed by atoms with van der Waals surface area (Å²) in [5.74, 6) is 0.286. The van der Waals surface area contributed by atoms with Crippen LogP contribution in [0.1, 0.15) is 33.1 Å². The van der Waals surface area contributed by atoms with Gasteiger partial charge in [-0.1, -0.05) is 6.42 Å². The van der Waals surface area contributed by atoms with Gasteiger partial charge in [0.1, 0.15) is 0 Å². The summed E-state index contributed by atoms with van der Waals surface area (Å²) < 4.78 is 0. The molecule has 1 saturated heterocycles. The van der Waals surface area contributed by atoms with Gasteiger partial charge in [0.15, 0.2) is 0 Å². The highest BCUT2D eigenvalue weighted by Gasteiger charge is 2.34. The van der Waals surface area contributed by atoms with Crippen molar-refractivity contribution in [3.8, 4) is 0 Å². The molecule has 0 bridgehead atoms. The quantitative estimate of drug-likeness (QED) is 0.758. The normalized spacial score (nSPS) is 29.8. The zero-order valence-corrected chi connectivity index (χ0v) is 12.1. The van der Waals surface area contributed by atoms with Crippen LogP contribution in [0.15, 0.2) is 0 Å². The number of amides is 1. The first kappa shape index (κ1) is 14.8. The van der Waals surface area contributed by atoms with Gasteiger partial charge in [0, 0.05) is 38.8 Å². The van der Waals surface area contributed by atoms with Gasteiger partial charge in [0.2, 0.25) is 5.91 Å². The van der Waals surface area contributed by atoms with E-state index >= 15 is 0 Å². The van der Waals surface area contributed by atoms with Crippen LogP contribution in [-0.4, -0.2) is 65.2 Å². The molecule has 3 N–H and O–H groups in total. The van der Waals surface area contributed by atoms with Gasteiger partial charge in [-0.05, 0) is 26.7 Å². The van der Waals surface area contributed by atoms with Gasteiger partial charge >= 0.3 is 0 Å². The summed E-state index contributed by atoms with van der Waals surface area (Å²) in [7, 11) is 0. The van der Waals surface area contributed by atoms with E-state index in [9.17, 15) is 9.90 Å². The second-order valence-corrected chi connectivity index (χ2v) is 6.62. The number of carbonyl (C=O) groups excluding carboxylic acids is 1. The average molecular weight is 269 g/mol. The van der Waals surface area contributed by atoms with Gasteiger partial charge in [-0.2, -0.15) is 0 Å². The first-order valence-electron chi connectivity index (χ1n) is 7.36. The molecule has 5 heteroatoms. The highest BCUT2D eigenvalue weighted by atomic mass is 16.3. The fourth-order valence-corrected chi connectivity index (χ4v) is 3.20. The van der Waals surface area contributed by atoms with Crippen LogP contribution in [0.2, 0.25) is 0 Å². The van der Waals surface area contributed by atoms with Crippen molar-refractivity contribution in [3.63, 3.8) is 0 Å². The van der Waals surface area contributed by atoms with E-state index in [4.69, 9.17) is 5.73 Å². The highest BCUT2D eigenvalue weighted by molar-refractivity contribution is 5.80. The van der Waals surface area contributed by atoms with Gasteiger partial charge in [-0.3, -0.25) is 9.69 Å². The van der Waals surface area contributed by atoms with Crippen LogP contribution in [0.4, 0.5) is 0 Å². The first-order valence-corrected chi connectivity index (χ1v) is 7.36. The first-order chi connectivity index (χ1) is 8.87. The maximum atomic E-state index is 12.4. The molecule has 2 atom stereocenters. The van der Waals surface area contributed by atoms with Gasteiger partial charge in [-0.25, -0.2) is 0 Å². The van der Waals surface area contributed by atoms with Gasteiger partial charge in [0.05, 0.1) is 11.5 Å². The molecule has 110 valence electrons. The number of aliphatic hydroxyl groups is 1. The van der Waals surface area contributed by atoms with Crippen molar-refractivity contribution in [1.29, 1.82) is 0 Å². The molecule has 0 aromatic rings. The van der Waals surface area contributed by atoms with Crippen molar-refractivity contribution in [2.45, 2.75) is 44.8 Å². The van der Waals surface area contributed by atoms with E-state index in [0.29, 0.717) is 6.54 Å². The Balaban J connectivity index is 1.81. The van der Waals surface area contributed by atoms with Crippen LogP contribution < -0.4 is 5.73 Å². The lowest BCUT2D eigenvalue weighted by atomic mass is 10.0. The Morgan fingerprint density at radius 1 is 1.26 bits per heavy atom. The summed E-state index contributed by atoms with van der Waals surface area (Å²) in [5.41, 5.74) is 5.34. The maximum Gasteiger partial charge on any atom is 0.227 e. The summed E-state index contributed by atoms with van der Waals surface area (Å²) in [6.07, 6.45) is 3.01. The largest absolute Gasteiger partial charge is 0.389 e. The van der Waals surface area contributed by atoms with Crippen molar-refractivity contribution >= 4 is 5.91 Å². The molecule has 1 aliphatic heterocycles. The molecule has 0 radical (unpaired) electrons. The molecule has 2 fully saturated rings. The third-order valence-corrected chi connectivity index (χ3v) is 4.18. The lowest BCUT2D eigenvalue weighted by Gasteiger charge is -2.38. The lowest BCUT2D eigenvalue weighted by molar-refractivity contribution is -0.137. The fourth-order valence-electron chi connectivity index (χ4n) is 3.20. The Morgan fingerprint density at radius 2 is 1.89 bits per heavy atom. The third kappa shape index (κ3) is 3.91. The molecular weight excluding hydrogens is 242 g/mol. The third-order valence-electron chi connectivity index (χ3n) is 4.18. The molecule has 2 aliphatic rings. The van der Waals surface area contributed by atoms with Gasteiger partial charge < -0.3 is 15.7 Å². The zero-order chi connectivity index (χ0) is 14.0. The van der Waals surface area contributed by atoms with Crippen LogP contribution in [0.5, 0.6) is 0 Å². The van der Waals surface area contributed by atoms with Crippen molar-refractivity contribution in [2.24, 2.45) is 11.7 Å². The SMILES string of the molecule is CC(C)(O)CN1CCN(C(=O)C2CCCC2N)CC1. The summed E-state index contributed by atoms with van der Waals surface area (Å²) in [4.78, 5) is 16.6. The van der Waals surface area contributed by atoms with Crippen LogP contribution in [-0.2, 0) is 4.79 Å². The number of nitrogens with two attached hydrogens (primary N) is 1.